The average molecular weight is 448 g/mol. The van der Waals surface area contributed by atoms with Gasteiger partial charge in [-0.15, -0.1) is 0 Å². The molecule has 1 aromatic carbocycles. The molecule has 1 fully saturated rings. The number of methoxy groups -OCH3 is 1. The summed E-state index contributed by atoms with van der Waals surface area (Å²) >= 11 is 0. The van der Waals surface area contributed by atoms with E-state index in [1.807, 2.05) is 0 Å². The number of nitrogens with one attached hydrogen (secondary N) is 3. The number of amides is 3. The van der Waals surface area contributed by atoms with Crippen LogP contribution in [-0.4, -0.2) is 55.7 Å². The van der Waals surface area contributed by atoms with Crippen molar-refractivity contribution < 1.29 is 28.7 Å². The topological polar surface area (TPSA) is 123 Å². The van der Waals surface area contributed by atoms with E-state index in [1.54, 1.807) is 51.1 Å². The Labute approximate surface area is 188 Å². The van der Waals surface area contributed by atoms with Gasteiger partial charge in [0.25, 0.3) is 5.91 Å². The Bertz CT molecular complexity index is 800. The monoisotopic (exact) mass is 447 g/mol. The van der Waals surface area contributed by atoms with Gasteiger partial charge in [0.15, 0.2) is 0 Å². The standard InChI is InChI=1S/C23H33N3O6/c1-23(2,3)18(26-22(30)32-16-12-8-9-13-16)20(28)25-17(21(29)31-4)14-24-19(27)15-10-6-5-7-11-15/h5-7,10-11,16-18H,8-9,12-14H2,1-4H3,(H,24,27)(H,25,28)(H,26,30)/t17-,18+/m0/s1. The molecule has 1 aliphatic rings. The van der Waals surface area contributed by atoms with Crippen LogP contribution in [0.1, 0.15) is 56.8 Å². The molecule has 0 radical (unpaired) electrons. The molecule has 3 amide bonds. The molecule has 32 heavy (non-hydrogen) atoms. The molecule has 2 atom stereocenters. The SMILES string of the molecule is COC(=O)[C@H](CNC(=O)c1ccccc1)NC(=O)[C@@H](NC(=O)OC1CCCC1)C(C)(C)C. The van der Waals surface area contributed by atoms with Crippen molar-refractivity contribution in [1.29, 1.82) is 0 Å². The second-order valence-corrected chi connectivity index (χ2v) is 8.92. The zero-order chi connectivity index (χ0) is 23.7. The number of alkyl carbamates (subject to hydrolysis) is 1. The molecule has 0 bridgehead atoms. The number of benzene rings is 1. The highest BCUT2D eigenvalue weighted by atomic mass is 16.6. The van der Waals surface area contributed by atoms with Crippen LogP contribution in [0.5, 0.6) is 0 Å². The van der Waals surface area contributed by atoms with Crippen molar-refractivity contribution >= 4 is 23.9 Å². The van der Waals surface area contributed by atoms with Crippen LogP contribution in [-0.2, 0) is 19.1 Å². The molecule has 9 heteroatoms. The van der Waals surface area contributed by atoms with Crippen molar-refractivity contribution in [3.63, 3.8) is 0 Å². The van der Waals surface area contributed by atoms with Crippen LogP contribution in [0.4, 0.5) is 4.79 Å². The lowest BCUT2D eigenvalue weighted by Crippen LogP contribution is -2.58. The maximum absolute atomic E-state index is 13.0. The molecule has 1 aliphatic carbocycles. The lowest BCUT2D eigenvalue weighted by atomic mass is 9.86. The summed E-state index contributed by atoms with van der Waals surface area (Å²) in [5.74, 6) is -1.68. The molecule has 1 saturated carbocycles. The van der Waals surface area contributed by atoms with Crippen molar-refractivity contribution in [3.8, 4) is 0 Å². The molecule has 0 spiro atoms. The van der Waals surface area contributed by atoms with E-state index >= 15 is 0 Å². The summed E-state index contributed by atoms with van der Waals surface area (Å²) in [4.78, 5) is 49.9. The van der Waals surface area contributed by atoms with Gasteiger partial charge in [-0.3, -0.25) is 9.59 Å². The Morgan fingerprint density at radius 1 is 1.03 bits per heavy atom. The van der Waals surface area contributed by atoms with Crippen molar-refractivity contribution in [1.82, 2.24) is 16.0 Å². The van der Waals surface area contributed by atoms with E-state index in [-0.39, 0.29) is 18.6 Å². The van der Waals surface area contributed by atoms with Gasteiger partial charge >= 0.3 is 12.1 Å². The summed E-state index contributed by atoms with van der Waals surface area (Å²) in [6.45, 7) is 5.20. The highest BCUT2D eigenvalue weighted by Gasteiger charge is 2.36. The van der Waals surface area contributed by atoms with Gasteiger partial charge in [-0.1, -0.05) is 39.0 Å². The Morgan fingerprint density at radius 2 is 1.66 bits per heavy atom. The first-order chi connectivity index (χ1) is 15.1. The van der Waals surface area contributed by atoms with E-state index in [1.165, 1.54) is 7.11 Å². The van der Waals surface area contributed by atoms with Gasteiger partial charge in [-0.25, -0.2) is 9.59 Å². The molecule has 9 nitrogen and oxygen atoms in total. The van der Waals surface area contributed by atoms with Gasteiger partial charge in [0.05, 0.1) is 7.11 Å². The van der Waals surface area contributed by atoms with Crippen molar-refractivity contribution in [2.24, 2.45) is 5.41 Å². The molecule has 0 aromatic heterocycles. The second-order valence-electron chi connectivity index (χ2n) is 8.92. The third-order valence-corrected chi connectivity index (χ3v) is 5.27. The van der Waals surface area contributed by atoms with Crippen LogP contribution in [0.15, 0.2) is 30.3 Å². The van der Waals surface area contributed by atoms with Crippen molar-refractivity contribution in [3.05, 3.63) is 35.9 Å². The van der Waals surface area contributed by atoms with Crippen LogP contribution in [0, 0.1) is 5.41 Å². The lowest BCUT2D eigenvalue weighted by molar-refractivity contribution is -0.145. The molecule has 1 aromatic rings. The van der Waals surface area contributed by atoms with Crippen LogP contribution in [0.2, 0.25) is 0 Å². The Balaban J connectivity index is 2.02. The number of rotatable bonds is 8. The number of esters is 1. The van der Waals surface area contributed by atoms with Gasteiger partial charge in [-0.2, -0.15) is 0 Å². The maximum atomic E-state index is 13.0. The number of carbonyl (C=O) groups excluding carboxylic acids is 4. The first-order valence-electron chi connectivity index (χ1n) is 10.8. The van der Waals surface area contributed by atoms with E-state index in [0.29, 0.717) is 5.56 Å². The normalized spacial score (nSPS) is 15.9. The minimum atomic E-state index is -1.13. The number of ether oxygens (including phenoxy) is 2. The molecular formula is C23H33N3O6. The highest BCUT2D eigenvalue weighted by Crippen LogP contribution is 2.23. The zero-order valence-electron chi connectivity index (χ0n) is 19.1. The number of hydrogen-bond acceptors (Lipinski definition) is 6. The van der Waals surface area contributed by atoms with Gasteiger partial charge in [0, 0.05) is 12.1 Å². The van der Waals surface area contributed by atoms with E-state index in [2.05, 4.69) is 16.0 Å². The molecular weight excluding hydrogens is 414 g/mol. The largest absolute Gasteiger partial charge is 0.467 e. The first kappa shape index (κ1) is 25.2. The second kappa shape index (κ2) is 11.5. The molecule has 0 saturated heterocycles. The van der Waals surface area contributed by atoms with E-state index in [9.17, 15) is 19.2 Å². The molecule has 2 rings (SSSR count). The molecule has 0 aliphatic heterocycles. The van der Waals surface area contributed by atoms with Crippen molar-refractivity contribution in [2.45, 2.75) is 64.6 Å². The van der Waals surface area contributed by atoms with Crippen LogP contribution in [0.25, 0.3) is 0 Å². The van der Waals surface area contributed by atoms with Gasteiger partial charge in [0.1, 0.15) is 18.2 Å². The minimum Gasteiger partial charge on any atom is -0.467 e. The van der Waals surface area contributed by atoms with E-state index in [0.717, 1.165) is 25.7 Å². The lowest BCUT2D eigenvalue weighted by Gasteiger charge is -2.31. The summed E-state index contributed by atoms with van der Waals surface area (Å²) in [5, 5.41) is 7.83. The number of carbonyl (C=O) groups is 4. The fourth-order valence-corrected chi connectivity index (χ4v) is 3.46. The average Bonchev–Trinajstić information content (AvgIpc) is 3.26. The Hall–Kier alpha value is -3.10. The number of hydrogen-bond donors (Lipinski definition) is 3. The summed E-state index contributed by atoms with van der Waals surface area (Å²) < 4.78 is 10.2. The van der Waals surface area contributed by atoms with Crippen LogP contribution < -0.4 is 16.0 Å². The third-order valence-electron chi connectivity index (χ3n) is 5.27. The maximum Gasteiger partial charge on any atom is 0.408 e. The summed E-state index contributed by atoms with van der Waals surface area (Å²) in [7, 11) is 1.19. The quantitative estimate of drug-likeness (QED) is 0.525. The van der Waals surface area contributed by atoms with Gasteiger partial charge < -0.3 is 25.4 Å². The predicted molar refractivity (Wildman–Crippen MR) is 118 cm³/mol. The van der Waals surface area contributed by atoms with Gasteiger partial charge in [0.2, 0.25) is 5.91 Å². The Kier molecular flexibility index (Phi) is 9.04. The summed E-state index contributed by atoms with van der Waals surface area (Å²) in [5.41, 5.74) is -0.237. The predicted octanol–water partition coefficient (Wildman–Crippen LogP) is 2.16. The third kappa shape index (κ3) is 7.55. The van der Waals surface area contributed by atoms with Crippen molar-refractivity contribution in [2.75, 3.05) is 13.7 Å². The highest BCUT2D eigenvalue weighted by molar-refractivity contribution is 5.95. The van der Waals surface area contributed by atoms with Crippen LogP contribution >= 0.6 is 0 Å². The zero-order valence-corrected chi connectivity index (χ0v) is 19.1. The molecule has 3 N–H and O–H groups in total. The van der Waals surface area contributed by atoms with E-state index in [4.69, 9.17) is 9.47 Å². The fourth-order valence-electron chi connectivity index (χ4n) is 3.46. The first-order valence-corrected chi connectivity index (χ1v) is 10.8. The van der Waals surface area contributed by atoms with Crippen LogP contribution in [0.3, 0.4) is 0 Å². The fraction of sp³-hybridized carbons (Fsp3) is 0.565. The van der Waals surface area contributed by atoms with E-state index < -0.39 is 35.5 Å². The van der Waals surface area contributed by atoms with Gasteiger partial charge in [-0.05, 0) is 43.2 Å². The molecule has 176 valence electrons. The molecule has 0 unspecified atom stereocenters. The Morgan fingerprint density at radius 3 is 2.22 bits per heavy atom. The molecule has 0 heterocycles. The smallest absolute Gasteiger partial charge is 0.408 e. The minimum absolute atomic E-state index is 0.144. The summed E-state index contributed by atoms with van der Waals surface area (Å²) in [6, 6.07) is 6.40. The summed E-state index contributed by atoms with van der Waals surface area (Å²) in [6.07, 6.45) is 2.83.